The van der Waals surface area contributed by atoms with Crippen LogP contribution in [0.2, 0.25) is 0 Å². The fourth-order valence-corrected chi connectivity index (χ4v) is 5.21. The maximum Gasteiger partial charge on any atom is 0.238 e. The molecule has 2 amide bonds. The lowest BCUT2D eigenvalue weighted by Gasteiger charge is -2.33. The first kappa shape index (κ1) is 24.2. The Labute approximate surface area is 221 Å². The fraction of sp³-hybridized carbons (Fsp3) is 0.379. The van der Waals surface area contributed by atoms with E-state index in [0.29, 0.717) is 42.6 Å². The van der Waals surface area contributed by atoms with Gasteiger partial charge in [-0.3, -0.25) is 9.59 Å². The van der Waals surface area contributed by atoms with Crippen LogP contribution >= 0.6 is 0 Å². The Kier molecular flexibility index (Phi) is 5.74. The molecule has 5 heterocycles. The molecule has 3 aliphatic rings. The van der Waals surface area contributed by atoms with Gasteiger partial charge in [0.2, 0.25) is 17.7 Å². The number of carbonyl (C=O) groups is 2. The lowest BCUT2D eigenvalue weighted by atomic mass is 9.94. The highest BCUT2D eigenvalue weighted by molar-refractivity contribution is 5.99. The first-order chi connectivity index (χ1) is 18.2. The smallest absolute Gasteiger partial charge is 0.238 e. The van der Waals surface area contributed by atoms with Gasteiger partial charge in [0.15, 0.2) is 0 Å². The van der Waals surface area contributed by atoms with Crippen molar-refractivity contribution in [3.63, 3.8) is 0 Å². The van der Waals surface area contributed by atoms with Crippen molar-refractivity contribution in [2.24, 2.45) is 5.41 Å². The van der Waals surface area contributed by atoms with Crippen LogP contribution in [0.1, 0.15) is 52.2 Å². The van der Waals surface area contributed by atoms with E-state index in [0.717, 1.165) is 41.1 Å². The van der Waals surface area contributed by atoms with Gasteiger partial charge in [0.1, 0.15) is 30.0 Å². The second-order valence-electron chi connectivity index (χ2n) is 11.0. The van der Waals surface area contributed by atoms with Crippen LogP contribution in [0.5, 0.6) is 11.6 Å². The van der Waals surface area contributed by atoms with Gasteiger partial charge in [0, 0.05) is 53.0 Å². The minimum Gasteiger partial charge on any atom is -0.485 e. The Balaban J connectivity index is 1.28. The number of ether oxygens (including phenoxy) is 2. The number of aromatic nitrogens is 2. The largest absolute Gasteiger partial charge is 0.485 e. The summed E-state index contributed by atoms with van der Waals surface area (Å²) in [7, 11) is 0. The van der Waals surface area contributed by atoms with E-state index in [1.807, 2.05) is 69.1 Å². The van der Waals surface area contributed by atoms with E-state index in [1.54, 1.807) is 11.1 Å². The lowest BCUT2D eigenvalue weighted by Crippen LogP contribution is -2.44. The minimum atomic E-state index is -0.519. The Hall–Kier alpha value is -4.14. The van der Waals surface area contributed by atoms with Gasteiger partial charge in [-0.05, 0) is 37.6 Å². The molecule has 9 heteroatoms. The first-order valence-corrected chi connectivity index (χ1v) is 13.0. The molecule has 3 aliphatic heterocycles. The molecule has 0 radical (unpaired) electrons. The highest BCUT2D eigenvalue weighted by Crippen LogP contribution is 2.45. The SMILES string of the molecule is CC1Oc2cc(N3CCCC3=O)ccc2-c2cnc(Nc3cnc4c(c3)N(C(=O)C(C)(C)C)CCO4)cc21. The topological polar surface area (TPSA) is 96.9 Å². The molecule has 6 rings (SSSR count). The minimum absolute atomic E-state index is 0.0230. The first-order valence-electron chi connectivity index (χ1n) is 13.0. The van der Waals surface area contributed by atoms with Crippen LogP contribution in [0.15, 0.2) is 42.7 Å². The van der Waals surface area contributed by atoms with Gasteiger partial charge in [-0.1, -0.05) is 20.8 Å². The summed E-state index contributed by atoms with van der Waals surface area (Å²) in [6.07, 6.45) is 4.81. The van der Waals surface area contributed by atoms with Gasteiger partial charge < -0.3 is 24.6 Å². The Bertz CT molecular complexity index is 1450. The summed E-state index contributed by atoms with van der Waals surface area (Å²) >= 11 is 0. The highest BCUT2D eigenvalue weighted by atomic mass is 16.5. The standard InChI is InChI=1S/C29H31N5O4/c1-17-21-14-25(32-18-12-23-27(31-15-18)37-11-10-34(23)28(36)29(2,3)4)30-16-22(21)20-8-7-19(13-24(20)38-17)33-9-5-6-26(33)35/h7-8,12-17H,5-6,9-11H2,1-4H3,(H,30,32). The molecule has 0 saturated carbocycles. The predicted octanol–water partition coefficient (Wildman–Crippen LogP) is 5.24. The van der Waals surface area contributed by atoms with E-state index in [9.17, 15) is 9.59 Å². The number of pyridine rings is 2. The highest BCUT2D eigenvalue weighted by Gasteiger charge is 2.33. The van der Waals surface area contributed by atoms with Gasteiger partial charge in [0.25, 0.3) is 0 Å². The van der Waals surface area contributed by atoms with Gasteiger partial charge in [-0.2, -0.15) is 0 Å². The number of nitrogens with zero attached hydrogens (tertiary/aromatic N) is 4. The molecule has 1 saturated heterocycles. The molecule has 1 fully saturated rings. The summed E-state index contributed by atoms with van der Waals surface area (Å²) in [6.45, 7) is 9.37. The van der Waals surface area contributed by atoms with E-state index in [2.05, 4.69) is 15.3 Å². The Morgan fingerprint density at radius 2 is 1.92 bits per heavy atom. The molecule has 0 aliphatic carbocycles. The van der Waals surface area contributed by atoms with Gasteiger partial charge >= 0.3 is 0 Å². The number of anilines is 4. The molecule has 1 atom stereocenters. The molecule has 2 aromatic heterocycles. The zero-order valence-corrected chi connectivity index (χ0v) is 22.1. The summed E-state index contributed by atoms with van der Waals surface area (Å²) in [5, 5.41) is 3.33. The van der Waals surface area contributed by atoms with Crippen molar-refractivity contribution in [3.8, 4) is 22.8 Å². The molecule has 9 nitrogen and oxygen atoms in total. The molecule has 196 valence electrons. The Morgan fingerprint density at radius 3 is 2.68 bits per heavy atom. The van der Waals surface area contributed by atoms with Gasteiger partial charge in [-0.25, -0.2) is 9.97 Å². The van der Waals surface area contributed by atoms with E-state index in [-0.39, 0.29) is 17.9 Å². The maximum absolute atomic E-state index is 13.0. The zero-order valence-electron chi connectivity index (χ0n) is 22.1. The molecular formula is C29H31N5O4. The average Bonchev–Trinajstić information content (AvgIpc) is 3.33. The van der Waals surface area contributed by atoms with Crippen molar-refractivity contribution in [2.75, 3.05) is 34.8 Å². The summed E-state index contributed by atoms with van der Waals surface area (Å²) in [5.74, 6) is 2.03. The summed E-state index contributed by atoms with van der Waals surface area (Å²) in [6, 6.07) is 9.79. The predicted molar refractivity (Wildman–Crippen MR) is 145 cm³/mol. The molecule has 3 aromatic rings. The third kappa shape index (κ3) is 4.21. The summed E-state index contributed by atoms with van der Waals surface area (Å²) < 4.78 is 12.0. The van der Waals surface area contributed by atoms with Crippen LogP contribution in [-0.4, -0.2) is 41.5 Å². The number of hydrogen-bond donors (Lipinski definition) is 1. The summed E-state index contributed by atoms with van der Waals surface area (Å²) in [4.78, 5) is 37.9. The van der Waals surface area contributed by atoms with Crippen molar-refractivity contribution >= 4 is 34.7 Å². The van der Waals surface area contributed by atoms with Gasteiger partial charge in [0.05, 0.1) is 18.4 Å². The van der Waals surface area contributed by atoms with Crippen LogP contribution in [-0.2, 0) is 9.59 Å². The molecule has 1 unspecified atom stereocenters. The molecule has 1 aromatic carbocycles. The van der Waals surface area contributed by atoms with Crippen LogP contribution in [0, 0.1) is 5.41 Å². The van der Waals surface area contributed by atoms with Crippen molar-refractivity contribution < 1.29 is 19.1 Å². The maximum atomic E-state index is 13.0. The molecule has 1 N–H and O–H groups in total. The second-order valence-corrected chi connectivity index (χ2v) is 11.0. The lowest BCUT2D eigenvalue weighted by molar-refractivity contribution is -0.126. The van der Waals surface area contributed by atoms with Crippen LogP contribution in [0.4, 0.5) is 22.9 Å². The van der Waals surface area contributed by atoms with Crippen molar-refractivity contribution in [1.82, 2.24) is 9.97 Å². The van der Waals surface area contributed by atoms with Crippen molar-refractivity contribution in [1.29, 1.82) is 0 Å². The Morgan fingerprint density at radius 1 is 1.08 bits per heavy atom. The zero-order chi connectivity index (χ0) is 26.6. The number of amides is 2. The second kappa shape index (κ2) is 9.01. The van der Waals surface area contributed by atoms with E-state index in [4.69, 9.17) is 9.47 Å². The van der Waals surface area contributed by atoms with E-state index < -0.39 is 5.41 Å². The van der Waals surface area contributed by atoms with Gasteiger partial charge in [-0.15, -0.1) is 0 Å². The fourth-order valence-electron chi connectivity index (χ4n) is 5.21. The molecule has 0 spiro atoms. The number of fused-ring (bicyclic) bond motifs is 4. The number of nitrogens with one attached hydrogen (secondary N) is 1. The average molecular weight is 514 g/mol. The van der Waals surface area contributed by atoms with Crippen molar-refractivity contribution in [3.05, 3.63) is 48.3 Å². The number of benzene rings is 1. The number of hydrogen-bond acceptors (Lipinski definition) is 7. The third-order valence-corrected chi connectivity index (χ3v) is 7.15. The monoisotopic (exact) mass is 513 g/mol. The third-order valence-electron chi connectivity index (χ3n) is 7.15. The quantitative estimate of drug-likeness (QED) is 0.512. The number of rotatable bonds is 3. The van der Waals surface area contributed by atoms with Crippen LogP contribution in [0.3, 0.4) is 0 Å². The van der Waals surface area contributed by atoms with Crippen LogP contribution in [0.25, 0.3) is 11.1 Å². The summed E-state index contributed by atoms with van der Waals surface area (Å²) in [5.41, 5.74) is 4.68. The molecule has 0 bridgehead atoms. The van der Waals surface area contributed by atoms with E-state index >= 15 is 0 Å². The van der Waals surface area contributed by atoms with E-state index in [1.165, 1.54) is 0 Å². The van der Waals surface area contributed by atoms with Crippen LogP contribution < -0.4 is 24.6 Å². The van der Waals surface area contributed by atoms with Crippen molar-refractivity contribution in [2.45, 2.75) is 46.6 Å². The normalized spacial score (nSPS) is 18.2. The molecular weight excluding hydrogens is 482 g/mol. The number of carbonyl (C=O) groups excluding carboxylic acids is 2. The molecule has 38 heavy (non-hydrogen) atoms.